The molecular formula is C17H21N3O4S. The van der Waals surface area contributed by atoms with Gasteiger partial charge in [-0.2, -0.15) is 0 Å². The molecule has 0 bridgehead atoms. The third-order valence-electron chi connectivity index (χ3n) is 4.28. The normalized spacial score (nSPS) is 14.2. The van der Waals surface area contributed by atoms with Crippen LogP contribution in [0.3, 0.4) is 0 Å². The number of benzene rings is 1. The summed E-state index contributed by atoms with van der Waals surface area (Å²) in [5.74, 6) is 0.655. The third kappa shape index (κ3) is 4.01. The van der Waals surface area contributed by atoms with E-state index in [2.05, 4.69) is 11.2 Å². The van der Waals surface area contributed by atoms with Crippen molar-refractivity contribution >= 4 is 21.7 Å². The highest BCUT2D eigenvalue weighted by molar-refractivity contribution is 7.92. The Bertz CT molecular complexity index is 876. The van der Waals surface area contributed by atoms with Crippen LogP contribution in [0.4, 0.5) is 5.82 Å². The Morgan fingerprint density at radius 3 is 2.68 bits per heavy atom. The van der Waals surface area contributed by atoms with Crippen LogP contribution in [0.15, 0.2) is 34.9 Å². The molecule has 7 nitrogen and oxygen atoms in total. The molecule has 3 rings (SSSR count). The molecule has 1 amide bonds. The van der Waals surface area contributed by atoms with E-state index in [-0.39, 0.29) is 24.7 Å². The molecule has 0 N–H and O–H groups in total. The molecule has 1 aliphatic rings. The van der Waals surface area contributed by atoms with Gasteiger partial charge in [-0.15, -0.1) is 0 Å². The minimum atomic E-state index is -3.54. The molecule has 0 unspecified atom stereocenters. The first-order valence-electron chi connectivity index (χ1n) is 8.10. The fraction of sp³-hybridized carbons (Fsp3) is 0.412. The molecule has 134 valence electrons. The maximum absolute atomic E-state index is 12.5. The van der Waals surface area contributed by atoms with Crippen LogP contribution in [0.25, 0.3) is 0 Å². The lowest BCUT2D eigenvalue weighted by atomic mass is 10.00. The van der Waals surface area contributed by atoms with E-state index in [1.165, 1.54) is 5.56 Å². The summed E-state index contributed by atoms with van der Waals surface area (Å²) in [4.78, 5) is 14.3. The van der Waals surface area contributed by atoms with Gasteiger partial charge in [0.05, 0.1) is 6.26 Å². The predicted molar refractivity (Wildman–Crippen MR) is 93.6 cm³/mol. The highest BCUT2D eigenvalue weighted by Gasteiger charge is 2.25. The van der Waals surface area contributed by atoms with Gasteiger partial charge in [0.25, 0.3) is 0 Å². The first-order valence-corrected chi connectivity index (χ1v) is 9.95. The minimum Gasteiger partial charge on any atom is -0.360 e. The van der Waals surface area contributed by atoms with Crippen LogP contribution in [-0.2, 0) is 27.8 Å². The van der Waals surface area contributed by atoms with Crippen molar-refractivity contribution in [2.75, 3.05) is 23.7 Å². The third-order valence-corrected chi connectivity index (χ3v) is 5.45. The SMILES string of the molecule is Cc1cc(N(CCC(=O)N2CCc3ccccc3C2)S(C)(=O)=O)no1. The summed E-state index contributed by atoms with van der Waals surface area (Å²) in [6.07, 6.45) is 2.01. The second-order valence-electron chi connectivity index (χ2n) is 6.21. The number of hydrogen-bond donors (Lipinski definition) is 0. The van der Waals surface area contributed by atoms with Gasteiger partial charge in [0, 0.05) is 32.1 Å². The highest BCUT2D eigenvalue weighted by Crippen LogP contribution is 2.21. The van der Waals surface area contributed by atoms with Crippen molar-refractivity contribution in [3.63, 3.8) is 0 Å². The quantitative estimate of drug-likeness (QED) is 0.808. The van der Waals surface area contributed by atoms with Crippen LogP contribution in [0.1, 0.15) is 23.3 Å². The molecule has 0 saturated carbocycles. The van der Waals surface area contributed by atoms with E-state index in [1.807, 2.05) is 18.2 Å². The average Bonchev–Trinajstić information content (AvgIpc) is 2.99. The number of sulfonamides is 1. The molecule has 1 aromatic carbocycles. The van der Waals surface area contributed by atoms with E-state index in [0.29, 0.717) is 18.8 Å². The lowest BCUT2D eigenvalue weighted by Crippen LogP contribution is -2.39. The molecule has 0 fully saturated rings. The van der Waals surface area contributed by atoms with Crippen molar-refractivity contribution in [2.24, 2.45) is 0 Å². The zero-order valence-corrected chi connectivity index (χ0v) is 15.1. The number of aryl methyl sites for hydroxylation is 1. The van der Waals surface area contributed by atoms with Crippen LogP contribution in [0.5, 0.6) is 0 Å². The molecule has 8 heteroatoms. The zero-order chi connectivity index (χ0) is 18.0. The lowest BCUT2D eigenvalue weighted by Gasteiger charge is -2.29. The van der Waals surface area contributed by atoms with Crippen LogP contribution in [0.2, 0.25) is 0 Å². The molecule has 25 heavy (non-hydrogen) atoms. The van der Waals surface area contributed by atoms with Crippen molar-refractivity contribution in [2.45, 2.75) is 26.3 Å². The summed E-state index contributed by atoms with van der Waals surface area (Å²) >= 11 is 0. The number of aromatic nitrogens is 1. The Kier molecular flexibility index (Phi) is 4.80. The number of carbonyl (C=O) groups is 1. The summed E-state index contributed by atoms with van der Waals surface area (Å²) in [7, 11) is -3.54. The molecule has 1 aliphatic heterocycles. The molecule has 1 aromatic heterocycles. The van der Waals surface area contributed by atoms with Gasteiger partial charge in [0.2, 0.25) is 15.9 Å². The summed E-state index contributed by atoms with van der Waals surface area (Å²) in [6, 6.07) is 9.61. The van der Waals surface area contributed by atoms with Crippen molar-refractivity contribution in [3.8, 4) is 0 Å². The number of carbonyl (C=O) groups excluding carboxylic acids is 1. The average molecular weight is 363 g/mol. The maximum Gasteiger partial charge on any atom is 0.233 e. The van der Waals surface area contributed by atoms with Crippen LogP contribution < -0.4 is 4.31 Å². The van der Waals surface area contributed by atoms with Crippen LogP contribution >= 0.6 is 0 Å². The standard InChI is InChI=1S/C17H21N3O4S/c1-13-11-16(18-24-13)20(25(2,22)23)10-8-17(21)19-9-7-14-5-3-4-6-15(14)12-19/h3-6,11H,7-10,12H2,1-2H3. The van der Waals surface area contributed by atoms with E-state index in [4.69, 9.17) is 4.52 Å². The first-order chi connectivity index (χ1) is 11.8. The van der Waals surface area contributed by atoms with Gasteiger partial charge in [0.15, 0.2) is 5.82 Å². The number of anilines is 1. The van der Waals surface area contributed by atoms with Gasteiger partial charge in [-0.3, -0.25) is 9.10 Å². The van der Waals surface area contributed by atoms with Gasteiger partial charge < -0.3 is 9.42 Å². The van der Waals surface area contributed by atoms with Gasteiger partial charge in [0.1, 0.15) is 5.76 Å². The number of hydrogen-bond acceptors (Lipinski definition) is 5. The summed E-state index contributed by atoms with van der Waals surface area (Å²) in [5, 5.41) is 3.75. The molecule has 0 spiro atoms. The molecule has 2 heterocycles. The summed E-state index contributed by atoms with van der Waals surface area (Å²) < 4.78 is 30.1. The van der Waals surface area contributed by atoms with E-state index >= 15 is 0 Å². The monoisotopic (exact) mass is 363 g/mol. The molecular weight excluding hydrogens is 342 g/mol. The Labute approximate surface area is 147 Å². The van der Waals surface area contributed by atoms with Crippen LogP contribution in [-0.4, -0.2) is 43.7 Å². The van der Waals surface area contributed by atoms with Gasteiger partial charge in [-0.25, -0.2) is 8.42 Å². The Balaban J connectivity index is 1.66. The molecule has 2 aromatic rings. The number of amides is 1. The zero-order valence-electron chi connectivity index (χ0n) is 14.3. The van der Waals surface area contributed by atoms with E-state index in [1.54, 1.807) is 17.9 Å². The smallest absolute Gasteiger partial charge is 0.233 e. The number of rotatable bonds is 5. The second kappa shape index (κ2) is 6.87. The van der Waals surface area contributed by atoms with Crippen molar-refractivity contribution < 1.29 is 17.7 Å². The topological polar surface area (TPSA) is 83.7 Å². The van der Waals surface area contributed by atoms with E-state index < -0.39 is 10.0 Å². The fourth-order valence-corrected chi connectivity index (χ4v) is 3.83. The highest BCUT2D eigenvalue weighted by atomic mass is 32.2. The maximum atomic E-state index is 12.5. The lowest BCUT2D eigenvalue weighted by molar-refractivity contribution is -0.131. The Morgan fingerprint density at radius 2 is 2.04 bits per heavy atom. The van der Waals surface area contributed by atoms with E-state index in [0.717, 1.165) is 22.5 Å². The fourth-order valence-electron chi connectivity index (χ4n) is 2.98. The summed E-state index contributed by atoms with van der Waals surface area (Å²) in [6.45, 7) is 2.95. The van der Waals surface area contributed by atoms with E-state index in [9.17, 15) is 13.2 Å². The predicted octanol–water partition coefficient (Wildman–Crippen LogP) is 1.72. The Hall–Kier alpha value is -2.35. The first kappa shape index (κ1) is 17.5. The van der Waals surface area contributed by atoms with Crippen molar-refractivity contribution in [1.29, 1.82) is 0 Å². The van der Waals surface area contributed by atoms with Gasteiger partial charge in [-0.05, 0) is 24.5 Å². The number of fused-ring (bicyclic) bond motifs is 1. The van der Waals surface area contributed by atoms with Gasteiger partial charge in [-0.1, -0.05) is 29.4 Å². The second-order valence-corrected chi connectivity index (χ2v) is 8.12. The van der Waals surface area contributed by atoms with Crippen molar-refractivity contribution in [1.82, 2.24) is 10.1 Å². The molecule has 0 radical (unpaired) electrons. The largest absolute Gasteiger partial charge is 0.360 e. The minimum absolute atomic E-state index is 0.0434. The molecule has 0 saturated heterocycles. The van der Waals surface area contributed by atoms with Crippen LogP contribution in [0, 0.1) is 6.92 Å². The number of nitrogens with zero attached hydrogens (tertiary/aromatic N) is 3. The van der Waals surface area contributed by atoms with Crippen molar-refractivity contribution in [3.05, 3.63) is 47.2 Å². The Morgan fingerprint density at radius 1 is 1.32 bits per heavy atom. The molecule has 0 aliphatic carbocycles. The molecule has 0 atom stereocenters. The van der Waals surface area contributed by atoms with Gasteiger partial charge >= 0.3 is 0 Å². The summed E-state index contributed by atoms with van der Waals surface area (Å²) in [5.41, 5.74) is 2.41.